The van der Waals surface area contributed by atoms with Gasteiger partial charge in [-0.2, -0.15) is 0 Å². The lowest BCUT2D eigenvalue weighted by Gasteiger charge is -2.29. The highest BCUT2D eigenvalue weighted by Crippen LogP contribution is 2.15. The highest BCUT2D eigenvalue weighted by atomic mass is 32.1. The average molecular weight is 388 g/mol. The molecule has 3 amide bonds. The lowest BCUT2D eigenvalue weighted by atomic mass is 10.2. The molecule has 5 nitrogen and oxygen atoms in total. The first-order valence-electron chi connectivity index (χ1n) is 9.31. The molecule has 27 heavy (non-hydrogen) atoms. The highest BCUT2D eigenvalue weighted by Gasteiger charge is 2.22. The summed E-state index contributed by atoms with van der Waals surface area (Å²) in [5.41, 5.74) is 1.08. The molecule has 0 unspecified atom stereocenters. The highest BCUT2D eigenvalue weighted by molar-refractivity contribution is 7.09. The maximum atomic E-state index is 13.1. The first kappa shape index (κ1) is 21.0. The second-order valence-electron chi connectivity index (χ2n) is 6.77. The van der Waals surface area contributed by atoms with E-state index in [0.29, 0.717) is 19.6 Å². The van der Waals surface area contributed by atoms with E-state index in [2.05, 4.69) is 6.92 Å². The molecule has 6 heteroatoms. The van der Waals surface area contributed by atoms with Crippen LogP contribution in [0.3, 0.4) is 0 Å². The van der Waals surface area contributed by atoms with E-state index in [9.17, 15) is 9.59 Å². The summed E-state index contributed by atoms with van der Waals surface area (Å²) in [6.45, 7) is 3.88. The summed E-state index contributed by atoms with van der Waals surface area (Å²) in [6, 6.07) is 13.9. The molecule has 0 atom stereocenters. The molecule has 0 saturated heterocycles. The van der Waals surface area contributed by atoms with Gasteiger partial charge in [-0.15, -0.1) is 11.3 Å². The van der Waals surface area contributed by atoms with Gasteiger partial charge < -0.3 is 14.7 Å². The van der Waals surface area contributed by atoms with Gasteiger partial charge in [0, 0.05) is 32.1 Å². The minimum atomic E-state index is -0.118. The van der Waals surface area contributed by atoms with E-state index in [4.69, 9.17) is 0 Å². The number of benzene rings is 1. The summed E-state index contributed by atoms with van der Waals surface area (Å²) in [6.07, 6.45) is 1.87. The SMILES string of the molecule is CCCCN(CC(=O)N(Cc1ccccc1)Cc1cccs1)C(=O)N(C)C. The Morgan fingerprint density at radius 2 is 1.70 bits per heavy atom. The van der Waals surface area contributed by atoms with Gasteiger partial charge in [0.1, 0.15) is 6.54 Å². The third-order valence-corrected chi connectivity index (χ3v) is 5.12. The molecule has 0 fully saturated rings. The average Bonchev–Trinajstić information content (AvgIpc) is 3.17. The van der Waals surface area contributed by atoms with E-state index in [1.807, 2.05) is 52.7 Å². The fourth-order valence-corrected chi connectivity index (χ4v) is 3.48. The summed E-state index contributed by atoms with van der Waals surface area (Å²) in [4.78, 5) is 31.7. The Balaban J connectivity index is 2.13. The summed E-state index contributed by atoms with van der Waals surface area (Å²) in [5.74, 6) is -0.0291. The van der Waals surface area contributed by atoms with Crippen molar-refractivity contribution >= 4 is 23.3 Å². The smallest absolute Gasteiger partial charge is 0.319 e. The first-order chi connectivity index (χ1) is 13.0. The summed E-state index contributed by atoms with van der Waals surface area (Å²) < 4.78 is 0. The fraction of sp³-hybridized carbons (Fsp3) is 0.429. The molecule has 2 rings (SSSR count). The van der Waals surface area contributed by atoms with Gasteiger partial charge in [0.15, 0.2) is 0 Å². The molecule has 146 valence electrons. The van der Waals surface area contributed by atoms with Crippen LogP contribution >= 0.6 is 11.3 Å². The summed E-state index contributed by atoms with van der Waals surface area (Å²) in [5, 5.41) is 2.02. The van der Waals surface area contributed by atoms with E-state index < -0.39 is 0 Å². The van der Waals surface area contributed by atoms with Crippen LogP contribution in [0, 0.1) is 0 Å². The first-order valence-corrected chi connectivity index (χ1v) is 10.2. The molecule has 1 aromatic carbocycles. The minimum Gasteiger partial charge on any atom is -0.332 e. The molecule has 0 aliphatic heterocycles. The Bertz CT molecular complexity index is 701. The number of carbonyl (C=O) groups is 2. The van der Waals surface area contributed by atoms with Crippen molar-refractivity contribution in [1.29, 1.82) is 0 Å². The second kappa shape index (κ2) is 10.7. The third-order valence-electron chi connectivity index (χ3n) is 4.26. The van der Waals surface area contributed by atoms with Crippen LogP contribution in [-0.4, -0.2) is 53.8 Å². The van der Waals surface area contributed by atoms with Crippen LogP contribution in [0.25, 0.3) is 0 Å². The second-order valence-corrected chi connectivity index (χ2v) is 7.80. The molecular formula is C21H29N3O2S. The standard InChI is InChI=1S/C21H29N3O2S/c1-4-5-13-23(21(26)22(2)3)17-20(25)24(16-19-12-9-14-27-19)15-18-10-7-6-8-11-18/h6-12,14H,4-5,13,15-17H2,1-3H3. The minimum absolute atomic E-state index is 0.0291. The van der Waals surface area contributed by atoms with Crippen molar-refractivity contribution in [2.24, 2.45) is 0 Å². The monoisotopic (exact) mass is 387 g/mol. The Morgan fingerprint density at radius 3 is 2.30 bits per heavy atom. The number of thiophene rings is 1. The number of amides is 3. The quantitative estimate of drug-likeness (QED) is 0.651. The van der Waals surface area contributed by atoms with Gasteiger partial charge in [-0.25, -0.2) is 4.79 Å². The van der Waals surface area contributed by atoms with Crippen molar-refractivity contribution in [3.05, 3.63) is 58.3 Å². The maximum absolute atomic E-state index is 13.1. The largest absolute Gasteiger partial charge is 0.332 e. The number of unbranched alkanes of at least 4 members (excludes halogenated alkanes) is 1. The lowest BCUT2D eigenvalue weighted by Crippen LogP contribution is -2.46. The zero-order chi connectivity index (χ0) is 19.6. The number of rotatable bonds is 9. The van der Waals surface area contributed by atoms with Crippen LogP contribution in [0.5, 0.6) is 0 Å². The van der Waals surface area contributed by atoms with Gasteiger partial charge in [0.25, 0.3) is 0 Å². The van der Waals surface area contributed by atoms with E-state index in [-0.39, 0.29) is 18.5 Å². The Morgan fingerprint density at radius 1 is 0.963 bits per heavy atom. The molecular weight excluding hydrogens is 358 g/mol. The molecule has 1 heterocycles. The molecule has 2 aromatic rings. The maximum Gasteiger partial charge on any atom is 0.319 e. The van der Waals surface area contributed by atoms with Crippen LogP contribution < -0.4 is 0 Å². The van der Waals surface area contributed by atoms with Crippen LogP contribution in [0.1, 0.15) is 30.2 Å². The van der Waals surface area contributed by atoms with Gasteiger partial charge in [-0.3, -0.25) is 4.79 Å². The van der Waals surface area contributed by atoms with Crippen molar-refractivity contribution in [2.45, 2.75) is 32.9 Å². The van der Waals surface area contributed by atoms with Crippen LogP contribution in [0.2, 0.25) is 0 Å². The van der Waals surface area contributed by atoms with E-state index in [1.54, 1.807) is 30.3 Å². The normalized spacial score (nSPS) is 10.5. The number of carbonyl (C=O) groups excluding carboxylic acids is 2. The van der Waals surface area contributed by atoms with E-state index in [0.717, 1.165) is 23.3 Å². The van der Waals surface area contributed by atoms with Crippen molar-refractivity contribution in [1.82, 2.24) is 14.7 Å². The summed E-state index contributed by atoms with van der Waals surface area (Å²) >= 11 is 1.64. The number of hydrogen-bond donors (Lipinski definition) is 0. The van der Waals surface area contributed by atoms with E-state index >= 15 is 0 Å². The molecule has 1 aromatic heterocycles. The molecule has 0 radical (unpaired) electrons. The Labute approximate surface area is 166 Å². The Hall–Kier alpha value is -2.34. The number of nitrogens with zero attached hydrogens (tertiary/aromatic N) is 3. The molecule has 0 bridgehead atoms. The van der Waals surface area contributed by atoms with Crippen LogP contribution in [-0.2, 0) is 17.9 Å². The molecule has 0 N–H and O–H groups in total. The third kappa shape index (κ3) is 6.71. The predicted octanol–water partition coefficient (Wildman–Crippen LogP) is 4.06. The predicted molar refractivity (Wildman–Crippen MR) is 111 cm³/mol. The van der Waals surface area contributed by atoms with Crippen molar-refractivity contribution in [3.8, 4) is 0 Å². The van der Waals surface area contributed by atoms with Gasteiger partial charge >= 0.3 is 6.03 Å². The van der Waals surface area contributed by atoms with Gasteiger partial charge in [0.05, 0.1) is 6.54 Å². The van der Waals surface area contributed by atoms with Crippen molar-refractivity contribution in [2.75, 3.05) is 27.2 Å². The lowest BCUT2D eigenvalue weighted by molar-refractivity contribution is -0.133. The number of urea groups is 1. The zero-order valence-electron chi connectivity index (χ0n) is 16.4. The molecule has 0 aliphatic rings. The number of hydrogen-bond acceptors (Lipinski definition) is 3. The van der Waals surface area contributed by atoms with Gasteiger partial charge in [0.2, 0.25) is 5.91 Å². The molecule has 0 saturated carbocycles. The van der Waals surface area contributed by atoms with Crippen molar-refractivity contribution < 1.29 is 9.59 Å². The van der Waals surface area contributed by atoms with Gasteiger partial charge in [-0.1, -0.05) is 49.7 Å². The Kier molecular flexibility index (Phi) is 8.33. The van der Waals surface area contributed by atoms with Crippen molar-refractivity contribution in [3.63, 3.8) is 0 Å². The van der Waals surface area contributed by atoms with Gasteiger partial charge in [-0.05, 0) is 23.4 Å². The molecule has 0 spiro atoms. The topological polar surface area (TPSA) is 43.9 Å². The fourth-order valence-electron chi connectivity index (χ4n) is 2.76. The van der Waals surface area contributed by atoms with E-state index in [1.165, 1.54) is 4.90 Å². The molecule has 0 aliphatic carbocycles. The summed E-state index contributed by atoms with van der Waals surface area (Å²) in [7, 11) is 3.44. The van der Waals surface area contributed by atoms with Crippen LogP contribution in [0.4, 0.5) is 4.79 Å². The zero-order valence-corrected chi connectivity index (χ0v) is 17.2. The van der Waals surface area contributed by atoms with Crippen LogP contribution in [0.15, 0.2) is 47.8 Å².